The van der Waals surface area contributed by atoms with Gasteiger partial charge < -0.3 is 20.7 Å². The number of fused-ring (bicyclic) bond motifs is 1. The van der Waals surface area contributed by atoms with E-state index >= 15 is 0 Å². The highest BCUT2D eigenvalue weighted by atomic mass is 16.5. The standard InChI is InChI=1S/C26H29N3O4/c1-4-29(14-13-24(30)28-22-10-7-18(8-11-22)25(27)31)26(32)17(2)19-5-6-21-16-23(33-3)12-9-20(21)15-19/h5-12,15-17H,4,13-14H2,1-3H3,(H2,27,31)(H,28,30)/t17-/m0/s1. The van der Waals surface area contributed by atoms with Crippen LogP contribution in [0.25, 0.3) is 10.8 Å². The highest BCUT2D eigenvalue weighted by Gasteiger charge is 2.22. The summed E-state index contributed by atoms with van der Waals surface area (Å²) in [6, 6.07) is 18.2. The fraction of sp³-hybridized carbons (Fsp3) is 0.269. The monoisotopic (exact) mass is 447 g/mol. The third kappa shape index (κ3) is 5.88. The molecule has 3 rings (SSSR count). The number of nitrogens with zero attached hydrogens (tertiary/aromatic N) is 1. The van der Waals surface area contributed by atoms with Gasteiger partial charge in [-0.15, -0.1) is 0 Å². The predicted octanol–water partition coefficient (Wildman–Crippen LogP) is 3.93. The molecule has 0 saturated heterocycles. The molecule has 33 heavy (non-hydrogen) atoms. The number of methoxy groups -OCH3 is 1. The van der Waals surface area contributed by atoms with Gasteiger partial charge in [-0.3, -0.25) is 14.4 Å². The van der Waals surface area contributed by atoms with Crippen LogP contribution in [0.15, 0.2) is 60.7 Å². The molecule has 0 aliphatic heterocycles. The minimum Gasteiger partial charge on any atom is -0.497 e. The van der Waals surface area contributed by atoms with Crippen LogP contribution in [0, 0.1) is 0 Å². The Morgan fingerprint density at radius 3 is 2.30 bits per heavy atom. The average Bonchev–Trinajstić information content (AvgIpc) is 2.83. The second-order valence-electron chi connectivity index (χ2n) is 7.85. The van der Waals surface area contributed by atoms with Crippen LogP contribution in [0.3, 0.4) is 0 Å². The molecule has 0 radical (unpaired) electrons. The zero-order chi connectivity index (χ0) is 24.0. The number of hydrogen-bond acceptors (Lipinski definition) is 4. The number of hydrogen-bond donors (Lipinski definition) is 2. The maximum atomic E-state index is 13.1. The molecule has 0 bridgehead atoms. The Bertz CT molecular complexity index is 1160. The van der Waals surface area contributed by atoms with Gasteiger partial charge >= 0.3 is 0 Å². The molecule has 0 saturated carbocycles. The number of rotatable bonds is 9. The summed E-state index contributed by atoms with van der Waals surface area (Å²) in [6.45, 7) is 4.61. The fourth-order valence-corrected chi connectivity index (χ4v) is 3.66. The Balaban J connectivity index is 1.61. The van der Waals surface area contributed by atoms with Crippen LogP contribution < -0.4 is 15.8 Å². The summed E-state index contributed by atoms with van der Waals surface area (Å²) >= 11 is 0. The van der Waals surface area contributed by atoms with Gasteiger partial charge in [0.25, 0.3) is 0 Å². The van der Waals surface area contributed by atoms with Crippen LogP contribution in [0.5, 0.6) is 5.75 Å². The lowest BCUT2D eigenvalue weighted by Gasteiger charge is -2.24. The molecule has 0 unspecified atom stereocenters. The molecule has 3 amide bonds. The van der Waals surface area contributed by atoms with E-state index in [1.54, 1.807) is 36.3 Å². The van der Waals surface area contributed by atoms with E-state index in [2.05, 4.69) is 5.32 Å². The Morgan fingerprint density at radius 2 is 1.67 bits per heavy atom. The van der Waals surface area contributed by atoms with Gasteiger partial charge in [0.1, 0.15) is 5.75 Å². The van der Waals surface area contributed by atoms with Crippen LogP contribution in [0.4, 0.5) is 5.69 Å². The molecule has 0 aliphatic rings. The number of likely N-dealkylation sites (N-methyl/N-ethyl adjacent to an activating group) is 1. The van der Waals surface area contributed by atoms with E-state index in [9.17, 15) is 14.4 Å². The van der Waals surface area contributed by atoms with Gasteiger partial charge in [-0.2, -0.15) is 0 Å². The van der Waals surface area contributed by atoms with E-state index < -0.39 is 5.91 Å². The quantitative estimate of drug-likeness (QED) is 0.519. The first kappa shape index (κ1) is 23.8. The minimum absolute atomic E-state index is 0.0241. The Kier molecular flexibility index (Phi) is 7.66. The van der Waals surface area contributed by atoms with E-state index in [4.69, 9.17) is 10.5 Å². The van der Waals surface area contributed by atoms with Crippen LogP contribution in [0.2, 0.25) is 0 Å². The summed E-state index contributed by atoms with van der Waals surface area (Å²) in [6.07, 6.45) is 0.168. The molecule has 0 aliphatic carbocycles. The van der Waals surface area contributed by atoms with Crippen molar-refractivity contribution >= 4 is 34.2 Å². The van der Waals surface area contributed by atoms with Crippen molar-refractivity contribution in [2.24, 2.45) is 5.73 Å². The molecule has 7 heteroatoms. The van der Waals surface area contributed by atoms with E-state index in [1.165, 1.54) is 0 Å². The van der Waals surface area contributed by atoms with Crippen LogP contribution in [0.1, 0.15) is 42.1 Å². The van der Waals surface area contributed by atoms with Crippen molar-refractivity contribution < 1.29 is 19.1 Å². The van der Waals surface area contributed by atoms with Gasteiger partial charge in [0.05, 0.1) is 13.0 Å². The topological polar surface area (TPSA) is 102 Å². The molecule has 3 aromatic rings. The average molecular weight is 448 g/mol. The van der Waals surface area contributed by atoms with Gasteiger partial charge in [0.15, 0.2) is 0 Å². The number of amides is 3. The number of nitrogens with two attached hydrogens (primary N) is 1. The highest BCUT2D eigenvalue weighted by molar-refractivity contribution is 5.95. The number of ether oxygens (including phenoxy) is 1. The normalized spacial score (nSPS) is 11.6. The van der Waals surface area contributed by atoms with Crippen molar-refractivity contribution in [3.8, 4) is 5.75 Å². The summed E-state index contributed by atoms with van der Waals surface area (Å²) in [5.74, 6) is -0.297. The van der Waals surface area contributed by atoms with Gasteiger partial charge in [0, 0.05) is 30.8 Å². The molecule has 0 aromatic heterocycles. The zero-order valence-corrected chi connectivity index (χ0v) is 19.1. The molecule has 1 atom stereocenters. The molecule has 0 heterocycles. The van der Waals surface area contributed by atoms with Crippen LogP contribution in [-0.2, 0) is 9.59 Å². The second kappa shape index (κ2) is 10.6. The molecule has 7 nitrogen and oxygen atoms in total. The lowest BCUT2D eigenvalue weighted by atomic mass is 9.96. The van der Waals surface area contributed by atoms with E-state index in [-0.39, 0.29) is 24.2 Å². The molecule has 0 spiro atoms. The SMILES string of the molecule is CCN(CCC(=O)Nc1ccc(C(N)=O)cc1)C(=O)[C@@H](C)c1ccc2cc(OC)ccc2c1. The minimum atomic E-state index is -0.523. The number of nitrogens with one attached hydrogen (secondary N) is 1. The molecular weight excluding hydrogens is 418 g/mol. The largest absolute Gasteiger partial charge is 0.497 e. The van der Waals surface area contributed by atoms with Crippen molar-refractivity contribution in [3.05, 3.63) is 71.8 Å². The van der Waals surface area contributed by atoms with Gasteiger partial charge in [-0.05, 0) is 66.6 Å². The van der Waals surface area contributed by atoms with Crippen molar-refractivity contribution in [2.75, 3.05) is 25.5 Å². The first-order valence-corrected chi connectivity index (χ1v) is 10.9. The fourth-order valence-electron chi connectivity index (χ4n) is 3.66. The van der Waals surface area contributed by atoms with Gasteiger partial charge in [-0.25, -0.2) is 0 Å². The number of benzene rings is 3. The second-order valence-corrected chi connectivity index (χ2v) is 7.85. The van der Waals surface area contributed by atoms with E-state index in [1.807, 2.05) is 50.2 Å². The van der Waals surface area contributed by atoms with Gasteiger partial charge in [0.2, 0.25) is 17.7 Å². The number of carbonyl (C=O) groups is 3. The Morgan fingerprint density at radius 1 is 1.00 bits per heavy atom. The Hall–Kier alpha value is -3.87. The maximum Gasteiger partial charge on any atom is 0.248 e. The number of anilines is 1. The smallest absolute Gasteiger partial charge is 0.248 e. The molecule has 3 N–H and O–H groups in total. The van der Waals surface area contributed by atoms with Crippen molar-refractivity contribution in [1.29, 1.82) is 0 Å². The third-order valence-corrected chi connectivity index (χ3v) is 5.70. The summed E-state index contributed by atoms with van der Waals surface area (Å²) in [4.78, 5) is 38.3. The van der Waals surface area contributed by atoms with Crippen molar-refractivity contribution in [2.45, 2.75) is 26.2 Å². The van der Waals surface area contributed by atoms with Crippen molar-refractivity contribution in [1.82, 2.24) is 4.90 Å². The first-order valence-electron chi connectivity index (χ1n) is 10.9. The highest BCUT2D eigenvalue weighted by Crippen LogP contribution is 2.26. The molecular formula is C26H29N3O4. The predicted molar refractivity (Wildman–Crippen MR) is 129 cm³/mol. The molecule has 3 aromatic carbocycles. The Labute approximate surface area is 193 Å². The zero-order valence-electron chi connectivity index (χ0n) is 19.1. The van der Waals surface area contributed by atoms with Crippen LogP contribution in [-0.4, -0.2) is 42.8 Å². The molecule has 172 valence electrons. The third-order valence-electron chi connectivity index (χ3n) is 5.70. The summed E-state index contributed by atoms with van der Waals surface area (Å²) in [5, 5.41) is 4.86. The van der Waals surface area contributed by atoms with E-state index in [0.717, 1.165) is 22.1 Å². The summed E-state index contributed by atoms with van der Waals surface area (Å²) in [7, 11) is 1.63. The van der Waals surface area contributed by atoms with Crippen molar-refractivity contribution in [3.63, 3.8) is 0 Å². The number of carbonyl (C=O) groups excluding carboxylic acids is 3. The lowest BCUT2D eigenvalue weighted by molar-refractivity contribution is -0.132. The van der Waals surface area contributed by atoms with Gasteiger partial charge in [-0.1, -0.05) is 24.3 Å². The van der Waals surface area contributed by atoms with E-state index in [0.29, 0.717) is 24.3 Å². The maximum absolute atomic E-state index is 13.1. The lowest BCUT2D eigenvalue weighted by Crippen LogP contribution is -2.36. The van der Waals surface area contributed by atoms with Crippen LogP contribution >= 0.6 is 0 Å². The molecule has 0 fully saturated rings. The number of primary amides is 1. The first-order chi connectivity index (χ1) is 15.8. The summed E-state index contributed by atoms with van der Waals surface area (Å²) < 4.78 is 5.27. The summed E-state index contributed by atoms with van der Waals surface area (Å²) in [5.41, 5.74) is 7.10.